The molecule has 5 nitrogen and oxygen atoms in total. The number of aryl methyl sites for hydroxylation is 1. The highest BCUT2D eigenvalue weighted by molar-refractivity contribution is 7.91. The third kappa shape index (κ3) is 3.74. The predicted molar refractivity (Wildman–Crippen MR) is 107 cm³/mol. The maximum absolute atomic E-state index is 13.0. The van der Waals surface area contributed by atoms with Crippen molar-refractivity contribution in [2.24, 2.45) is 0 Å². The lowest BCUT2D eigenvalue weighted by molar-refractivity contribution is -0.123. The number of carbonyl (C=O) groups excluding carboxylic acids is 1. The highest BCUT2D eigenvalue weighted by atomic mass is 35.5. The third-order valence-electron chi connectivity index (χ3n) is 5.29. The van der Waals surface area contributed by atoms with Crippen LogP contribution in [0.4, 0.5) is 5.69 Å². The van der Waals surface area contributed by atoms with Crippen LogP contribution in [0.2, 0.25) is 5.02 Å². The number of hydrogen-bond acceptors (Lipinski definition) is 4. The molecule has 4 rings (SSSR count). The number of amides is 1. The summed E-state index contributed by atoms with van der Waals surface area (Å²) in [4.78, 5) is 16.6. The molecule has 0 bridgehead atoms. The predicted octanol–water partition coefficient (Wildman–Crippen LogP) is 2.66. The number of nitrogens with zero attached hydrogens (tertiary/aromatic N) is 2. The van der Waals surface area contributed by atoms with Gasteiger partial charge < -0.3 is 4.90 Å². The smallest absolute Gasteiger partial charge is 0.241 e. The molecule has 142 valence electrons. The van der Waals surface area contributed by atoms with E-state index in [1.807, 2.05) is 36.1 Å². The second kappa shape index (κ2) is 6.93. The van der Waals surface area contributed by atoms with E-state index < -0.39 is 9.84 Å². The van der Waals surface area contributed by atoms with Crippen LogP contribution in [0.15, 0.2) is 48.5 Å². The minimum atomic E-state index is -3.20. The van der Waals surface area contributed by atoms with E-state index in [0.29, 0.717) is 17.3 Å². The summed E-state index contributed by atoms with van der Waals surface area (Å²) in [5.41, 5.74) is 2.91. The second-order valence-corrected chi connectivity index (χ2v) is 9.94. The molecule has 0 spiro atoms. The number of hydrogen-bond donors (Lipinski definition) is 0. The first kappa shape index (κ1) is 18.5. The fourth-order valence-electron chi connectivity index (χ4n) is 4.02. The summed E-state index contributed by atoms with van der Waals surface area (Å²) in [6, 6.07) is 14.6. The zero-order valence-electron chi connectivity index (χ0n) is 15.0. The fraction of sp³-hybridized carbons (Fsp3) is 0.350. The first-order chi connectivity index (χ1) is 12.8. The van der Waals surface area contributed by atoms with Crippen LogP contribution in [0.5, 0.6) is 0 Å². The summed E-state index contributed by atoms with van der Waals surface area (Å²) in [7, 11) is -3.20. The number of rotatable bonds is 3. The van der Waals surface area contributed by atoms with E-state index in [1.54, 1.807) is 29.2 Å². The zero-order valence-corrected chi connectivity index (χ0v) is 16.6. The van der Waals surface area contributed by atoms with Crippen molar-refractivity contribution in [1.82, 2.24) is 4.90 Å². The minimum Gasteiger partial charge on any atom is -0.306 e. The quantitative estimate of drug-likeness (QED) is 0.789. The minimum absolute atomic E-state index is 0.0136. The molecule has 2 fully saturated rings. The maximum atomic E-state index is 13.0. The van der Waals surface area contributed by atoms with Gasteiger partial charge in [0.25, 0.3) is 0 Å². The summed E-state index contributed by atoms with van der Waals surface area (Å²) in [6.07, 6.45) is 0. The van der Waals surface area contributed by atoms with Gasteiger partial charge in [0.15, 0.2) is 9.84 Å². The van der Waals surface area contributed by atoms with Crippen molar-refractivity contribution in [3.8, 4) is 0 Å². The number of anilines is 1. The number of halogens is 1. The van der Waals surface area contributed by atoms with Crippen molar-refractivity contribution in [2.45, 2.75) is 25.6 Å². The number of benzene rings is 2. The van der Waals surface area contributed by atoms with Crippen LogP contribution in [0.25, 0.3) is 0 Å². The van der Waals surface area contributed by atoms with Crippen molar-refractivity contribution >= 4 is 33.0 Å². The Morgan fingerprint density at radius 2 is 1.78 bits per heavy atom. The molecule has 0 unspecified atom stereocenters. The molecule has 0 N–H and O–H groups in total. The molecule has 0 aromatic heterocycles. The monoisotopic (exact) mass is 404 g/mol. The van der Waals surface area contributed by atoms with E-state index in [-0.39, 0.29) is 36.0 Å². The molecule has 2 aromatic rings. The molecule has 2 aliphatic heterocycles. The average Bonchev–Trinajstić information content (AvgIpc) is 2.92. The van der Waals surface area contributed by atoms with Crippen molar-refractivity contribution in [3.05, 3.63) is 64.7 Å². The molecular weight excluding hydrogens is 384 g/mol. The van der Waals surface area contributed by atoms with Crippen molar-refractivity contribution in [1.29, 1.82) is 0 Å². The third-order valence-corrected chi connectivity index (χ3v) is 7.23. The highest BCUT2D eigenvalue weighted by Crippen LogP contribution is 2.33. The van der Waals surface area contributed by atoms with E-state index in [2.05, 4.69) is 0 Å². The van der Waals surface area contributed by atoms with Gasteiger partial charge in [0.1, 0.15) is 0 Å². The van der Waals surface area contributed by atoms with Gasteiger partial charge in [0.05, 0.1) is 24.1 Å². The Labute approximate surface area is 164 Å². The fourth-order valence-corrected chi connectivity index (χ4v) is 6.19. The van der Waals surface area contributed by atoms with Gasteiger partial charge in [-0.3, -0.25) is 9.69 Å². The summed E-state index contributed by atoms with van der Waals surface area (Å²) in [6.45, 7) is 2.78. The summed E-state index contributed by atoms with van der Waals surface area (Å²) < 4.78 is 24.8. The lowest BCUT2D eigenvalue weighted by Crippen LogP contribution is -2.61. The standard InChI is InChI=1S/C20H21ClN2O3S/c1-14-5-7-15(8-6-14)10-22-11-20(24)23(17-4-2-3-16(21)9-17)19-13-27(25,26)12-18(19)22/h2-9,18-19H,10-13H2,1H3/t18-,19+/m0/s1. The van der Waals surface area contributed by atoms with Crippen LogP contribution in [0.3, 0.4) is 0 Å². The second-order valence-electron chi connectivity index (χ2n) is 7.35. The zero-order chi connectivity index (χ0) is 19.2. The lowest BCUT2D eigenvalue weighted by Gasteiger charge is -2.43. The van der Waals surface area contributed by atoms with E-state index in [4.69, 9.17) is 11.6 Å². The number of sulfone groups is 1. The van der Waals surface area contributed by atoms with Crippen LogP contribution in [-0.2, 0) is 21.2 Å². The molecule has 0 radical (unpaired) electrons. The Hall–Kier alpha value is -1.89. The molecule has 0 saturated carbocycles. The Balaban J connectivity index is 1.66. The molecule has 0 aliphatic carbocycles. The number of fused-ring (bicyclic) bond motifs is 1. The van der Waals surface area contributed by atoms with E-state index >= 15 is 0 Å². The van der Waals surface area contributed by atoms with Crippen LogP contribution in [0.1, 0.15) is 11.1 Å². The molecule has 7 heteroatoms. The van der Waals surface area contributed by atoms with Crippen LogP contribution in [0, 0.1) is 6.92 Å². The van der Waals surface area contributed by atoms with Gasteiger partial charge in [-0.05, 0) is 30.7 Å². The molecule has 2 aliphatic rings. The van der Waals surface area contributed by atoms with Crippen molar-refractivity contribution < 1.29 is 13.2 Å². The van der Waals surface area contributed by atoms with Gasteiger partial charge in [-0.1, -0.05) is 47.5 Å². The first-order valence-electron chi connectivity index (χ1n) is 8.90. The topological polar surface area (TPSA) is 57.7 Å². The lowest BCUT2D eigenvalue weighted by atomic mass is 10.0. The van der Waals surface area contributed by atoms with Gasteiger partial charge in [-0.15, -0.1) is 0 Å². The number of carbonyl (C=O) groups is 1. The largest absolute Gasteiger partial charge is 0.306 e. The van der Waals surface area contributed by atoms with Crippen molar-refractivity contribution in [2.75, 3.05) is 23.0 Å². The van der Waals surface area contributed by atoms with Gasteiger partial charge in [0, 0.05) is 23.3 Å². The van der Waals surface area contributed by atoms with Gasteiger partial charge in [-0.25, -0.2) is 8.42 Å². The summed E-state index contributed by atoms with van der Waals surface area (Å²) in [5, 5.41) is 0.528. The first-order valence-corrected chi connectivity index (χ1v) is 11.1. The van der Waals surface area contributed by atoms with E-state index in [9.17, 15) is 13.2 Å². The maximum Gasteiger partial charge on any atom is 0.241 e. The molecule has 2 aromatic carbocycles. The van der Waals surface area contributed by atoms with E-state index in [1.165, 1.54) is 5.56 Å². The number of piperazine rings is 1. The van der Waals surface area contributed by atoms with Gasteiger partial charge in [0.2, 0.25) is 5.91 Å². The SMILES string of the molecule is Cc1ccc(CN2CC(=O)N(c3cccc(Cl)c3)[C@@H]3CS(=O)(=O)C[C@@H]32)cc1. The summed E-state index contributed by atoms with van der Waals surface area (Å²) >= 11 is 6.09. The molecule has 2 saturated heterocycles. The highest BCUT2D eigenvalue weighted by Gasteiger charge is 2.49. The molecule has 27 heavy (non-hydrogen) atoms. The van der Waals surface area contributed by atoms with Crippen molar-refractivity contribution in [3.63, 3.8) is 0 Å². The van der Waals surface area contributed by atoms with Gasteiger partial charge >= 0.3 is 0 Å². The van der Waals surface area contributed by atoms with Gasteiger partial charge in [-0.2, -0.15) is 0 Å². The Morgan fingerprint density at radius 3 is 2.48 bits per heavy atom. The van der Waals surface area contributed by atoms with Crippen LogP contribution in [-0.4, -0.2) is 49.4 Å². The molecule has 1 amide bonds. The van der Waals surface area contributed by atoms with Crippen LogP contribution < -0.4 is 4.90 Å². The molecule has 2 heterocycles. The van der Waals surface area contributed by atoms with E-state index in [0.717, 1.165) is 5.56 Å². The average molecular weight is 405 g/mol. The Kier molecular flexibility index (Phi) is 4.74. The normalized spacial score (nSPS) is 24.8. The Bertz CT molecular complexity index is 975. The molecule has 2 atom stereocenters. The van der Waals surface area contributed by atoms with Crippen LogP contribution >= 0.6 is 11.6 Å². The Morgan fingerprint density at radius 1 is 1.07 bits per heavy atom. The molecular formula is C20H21ClN2O3S. The summed E-state index contributed by atoms with van der Waals surface area (Å²) in [5.74, 6) is -0.0310.